The lowest BCUT2D eigenvalue weighted by Gasteiger charge is -2.24. The second kappa shape index (κ2) is 5.84. The molecule has 0 bridgehead atoms. The van der Waals surface area contributed by atoms with Crippen molar-refractivity contribution in [1.82, 2.24) is 4.90 Å². The molecule has 1 saturated heterocycles. The van der Waals surface area contributed by atoms with Crippen molar-refractivity contribution in [2.45, 2.75) is 38.6 Å². The Morgan fingerprint density at radius 1 is 1.69 bits per heavy atom. The Morgan fingerprint density at radius 3 is 2.88 bits per heavy atom. The fourth-order valence-corrected chi connectivity index (χ4v) is 2.29. The van der Waals surface area contributed by atoms with Crippen LogP contribution in [0.1, 0.15) is 32.6 Å². The van der Waals surface area contributed by atoms with E-state index in [4.69, 9.17) is 10.8 Å². The number of amides is 2. The molecule has 0 aliphatic carbocycles. The SMILES string of the molecule is CCCC1CC(=O)N(C(CCO)C(N)=O)C1. The molecule has 0 aromatic rings. The van der Waals surface area contributed by atoms with Crippen LogP contribution in [-0.4, -0.2) is 41.0 Å². The van der Waals surface area contributed by atoms with Crippen LogP contribution in [0.4, 0.5) is 0 Å². The lowest BCUT2D eigenvalue weighted by molar-refractivity contribution is -0.136. The summed E-state index contributed by atoms with van der Waals surface area (Å²) in [6.07, 6.45) is 2.77. The first-order valence-corrected chi connectivity index (χ1v) is 5.79. The van der Waals surface area contributed by atoms with Crippen LogP contribution in [0.3, 0.4) is 0 Å². The molecule has 0 saturated carbocycles. The van der Waals surface area contributed by atoms with Crippen molar-refractivity contribution in [2.75, 3.05) is 13.2 Å². The normalized spacial score (nSPS) is 22.5. The molecule has 92 valence electrons. The zero-order valence-corrected chi connectivity index (χ0v) is 9.69. The van der Waals surface area contributed by atoms with Gasteiger partial charge in [0.1, 0.15) is 6.04 Å². The van der Waals surface area contributed by atoms with Gasteiger partial charge in [0.05, 0.1) is 0 Å². The number of aliphatic hydroxyl groups excluding tert-OH is 1. The quantitative estimate of drug-likeness (QED) is 0.664. The number of hydrogen-bond donors (Lipinski definition) is 2. The van der Waals surface area contributed by atoms with Crippen molar-refractivity contribution in [3.05, 3.63) is 0 Å². The Morgan fingerprint density at radius 2 is 2.38 bits per heavy atom. The Balaban J connectivity index is 2.64. The number of hydrogen-bond acceptors (Lipinski definition) is 3. The third-order valence-electron chi connectivity index (χ3n) is 3.04. The van der Waals surface area contributed by atoms with Crippen molar-refractivity contribution in [1.29, 1.82) is 0 Å². The third kappa shape index (κ3) is 2.95. The topological polar surface area (TPSA) is 83.6 Å². The van der Waals surface area contributed by atoms with E-state index in [1.54, 1.807) is 0 Å². The summed E-state index contributed by atoms with van der Waals surface area (Å²) >= 11 is 0. The molecular weight excluding hydrogens is 208 g/mol. The summed E-state index contributed by atoms with van der Waals surface area (Å²) in [5.41, 5.74) is 5.24. The van der Waals surface area contributed by atoms with E-state index in [0.29, 0.717) is 18.9 Å². The summed E-state index contributed by atoms with van der Waals surface area (Å²) in [4.78, 5) is 24.4. The fraction of sp³-hybridized carbons (Fsp3) is 0.818. The number of primary amides is 1. The average Bonchev–Trinajstić information content (AvgIpc) is 2.56. The second-order valence-corrected chi connectivity index (χ2v) is 4.34. The molecule has 2 amide bonds. The molecule has 16 heavy (non-hydrogen) atoms. The van der Waals surface area contributed by atoms with Crippen molar-refractivity contribution in [2.24, 2.45) is 11.7 Å². The van der Waals surface area contributed by atoms with Gasteiger partial charge in [-0.1, -0.05) is 13.3 Å². The highest BCUT2D eigenvalue weighted by Gasteiger charge is 2.35. The Labute approximate surface area is 95.6 Å². The summed E-state index contributed by atoms with van der Waals surface area (Å²) < 4.78 is 0. The number of likely N-dealkylation sites (tertiary alicyclic amines) is 1. The van der Waals surface area contributed by atoms with Crippen LogP contribution in [-0.2, 0) is 9.59 Å². The maximum absolute atomic E-state index is 11.7. The standard InChI is InChI=1S/C11H20N2O3/c1-2-3-8-6-10(15)13(7-8)9(4-5-14)11(12)16/h8-9,14H,2-7H2,1H3,(H2,12,16). The Bertz CT molecular complexity index is 268. The minimum atomic E-state index is -0.639. The molecule has 1 rings (SSSR count). The van der Waals surface area contributed by atoms with Gasteiger partial charge in [0.2, 0.25) is 11.8 Å². The molecule has 5 heteroatoms. The Kier molecular flexibility index (Phi) is 4.73. The summed E-state index contributed by atoms with van der Waals surface area (Å²) in [6, 6.07) is -0.639. The highest BCUT2D eigenvalue weighted by Crippen LogP contribution is 2.24. The molecule has 1 aliphatic rings. The van der Waals surface area contributed by atoms with E-state index < -0.39 is 11.9 Å². The number of rotatable bonds is 6. The summed E-state index contributed by atoms with van der Waals surface area (Å²) in [5.74, 6) is -0.215. The van der Waals surface area contributed by atoms with Crippen molar-refractivity contribution in [3.8, 4) is 0 Å². The first-order valence-electron chi connectivity index (χ1n) is 5.79. The van der Waals surface area contributed by atoms with E-state index in [0.717, 1.165) is 12.8 Å². The largest absolute Gasteiger partial charge is 0.396 e. The van der Waals surface area contributed by atoms with Crippen LogP contribution in [0.5, 0.6) is 0 Å². The van der Waals surface area contributed by atoms with Crippen molar-refractivity contribution < 1.29 is 14.7 Å². The predicted octanol–water partition coefficient (Wildman–Crippen LogP) is -0.129. The van der Waals surface area contributed by atoms with E-state index in [1.165, 1.54) is 4.90 Å². The van der Waals surface area contributed by atoms with Crippen molar-refractivity contribution in [3.63, 3.8) is 0 Å². The maximum Gasteiger partial charge on any atom is 0.240 e. The lowest BCUT2D eigenvalue weighted by Crippen LogP contribution is -2.46. The van der Waals surface area contributed by atoms with Gasteiger partial charge in [-0.25, -0.2) is 0 Å². The van der Waals surface area contributed by atoms with Gasteiger partial charge < -0.3 is 15.7 Å². The average molecular weight is 228 g/mol. The van der Waals surface area contributed by atoms with Gasteiger partial charge in [-0.3, -0.25) is 9.59 Å². The number of aliphatic hydroxyl groups is 1. The monoisotopic (exact) mass is 228 g/mol. The van der Waals surface area contributed by atoms with E-state index >= 15 is 0 Å². The van der Waals surface area contributed by atoms with Gasteiger partial charge in [-0.2, -0.15) is 0 Å². The molecule has 1 fully saturated rings. The number of carbonyl (C=O) groups excluding carboxylic acids is 2. The molecular formula is C11H20N2O3. The lowest BCUT2D eigenvalue weighted by atomic mass is 10.0. The van der Waals surface area contributed by atoms with Crippen LogP contribution in [0.15, 0.2) is 0 Å². The summed E-state index contributed by atoms with van der Waals surface area (Å²) in [6.45, 7) is 2.54. The summed E-state index contributed by atoms with van der Waals surface area (Å²) in [7, 11) is 0. The molecule has 0 spiro atoms. The molecule has 1 heterocycles. The van der Waals surface area contributed by atoms with E-state index in [2.05, 4.69) is 6.92 Å². The van der Waals surface area contributed by atoms with Gasteiger partial charge in [0.25, 0.3) is 0 Å². The first-order chi connectivity index (χ1) is 7.60. The van der Waals surface area contributed by atoms with Gasteiger partial charge in [0.15, 0.2) is 0 Å². The highest BCUT2D eigenvalue weighted by molar-refractivity contribution is 5.87. The molecule has 0 radical (unpaired) electrons. The molecule has 0 aromatic heterocycles. The minimum absolute atomic E-state index is 0.0179. The van der Waals surface area contributed by atoms with E-state index in [1.807, 2.05) is 0 Å². The van der Waals surface area contributed by atoms with E-state index in [-0.39, 0.29) is 18.9 Å². The van der Waals surface area contributed by atoms with E-state index in [9.17, 15) is 9.59 Å². The molecule has 0 aromatic carbocycles. The third-order valence-corrected chi connectivity index (χ3v) is 3.04. The zero-order valence-electron chi connectivity index (χ0n) is 9.69. The fourth-order valence-electron chi connectivity index (χ4n) is 2.29. The zero-order chi connectivity index (χ0) is 12.1. The molecule has 2 unspecified atom stereocenters. The smallest absolute Gasteiger partial charge is 0.240 e. The van der Waals surface area contributed by atoms with Crippen LogP contribution < -0.4 is 5.73 Å². The Hall–Kier alpha value is -1.10. The second-order valence-electron chi connectivity index (χ2n) is 4.34. The van der Waals surface area contributed by atoms with Crippen LogP contribution in [0.2, 0.25) is 0 Å². The number of nitrogens with zero attached hydrogens (tertiary/aromatic N) is 1. The minimum Gasteiger partial charge on any atom is -0.396 e. The van der Waals surface area contributed by atoms with Gasteiger partial charge in [-0.05, 0) is 18.8 Å². The molecule has 1 aliphatic heterocycles. The van der Waals surface area contributed by atoms with Crippen LogP contribution in [0, 0.1) is 5.92 Å². The highest BCUT2D eigenvalue weighted by atomic mass is 16.3. The predicted molar refractivity (Wildman–Crippen MR) is 59.4 cm³/mol. The van der Waals surface area contributed by atoms with Crippen LogP contribution >= 0.6 is 0 Å². The molecule has 3 N–H and O–H groups in total. The number of nitrogens with two attached hydrogens (primary N) is 1. The van der Waals surface area contributed by atoms with Crippen LogP contribution in [0.25, 0.3) is 0 Å². The van der Waals surface area contributed by atoms with Crippen molar-refractivity contribution >= 4 is 11.8 Å². The number of carbonyl (C=O) groups is 2. The first kappa shape index (κ1) is 13.0. The maximum atomic E-state index is 11.7. The van der Waals surface area contributed by atoms with Gasteiger partial charge in [0, 0.05) is 19.6 Å². The van der Waals surface area contributed by atoms with Gasteiger partial charge >= 0.3 is 0 Å². The van der Waals surface area contributed by atoms with Gasteiger partial charge in [-0.15, -0.1) is 0 Å². The summed E-state index contributed by atoms with van der Waals surface area (Å²) in [5, 5.41) is 8.86. The molecule has 2 atom stereocenters. The molecule has 5 nitrogen and oxygen atoms in total.